The van der Waals surface area contributed by atoms with E-state index in [0.29, 0.717) is 74.1 Å². The molecule has 4 aromatic rings. The highest BCUT2D eigenvalue weighted by atomic mass is 19.1. The predicted molar refractivity (Wildman–Crippen MR) is 196 cm³/mol. The molecule has 0 aliphatic carbocycles. The van der Waals surface area contributed by atoms with Crippen LogP contribution >= 0.6 is 0 Å². The molecule has 3 aliphatic heterocycles. The Morgan fingerprint density at radius 3 is 2.55 bits per heavy atom. The highest BCUT2D eigenvalue weighted by Crippen LogP contribution is 2.37. The minimum atomic E-state index is -0.474. The van der Waals surface area contributed by atoms with Crippen molar-refractivity contribution >= 4 is 29.2 Å². The van der Waals surface area contributed by atoms with Gasteiger partial charge in [-0.1, -0.05) is 24.3 Å². The molecule has 13 heteroatoms. The number of nitrogens with zero attached hydrogens (tertiary/aromatic N) is 5. The molecule has 2 atom stereocenters. The first kappa shape index (κ1) is 36.6. The quantitative estimate of drug-likeness (QED) is 0.126. The van der Waals surface area contributed by atoms with E-state index in [1.165, 1.54) is 17.8 Å². The third kappa shape index (κ3) is 8.73. The molecule has 0 spiro atoms. The van der Waals surface area contributed by atoms with Gasteiger partial charge in [0.25, 0.3) is 5.91 Å². The van der Waals surface area contributed by atoms with Gasteiger partial charge in [0.1, 0.15) is 23.0 Å². The van der Waals surface area contributed by atoms with Gasteiger partial charge in [-0.05, 0) is 106 Å². The average molecular weight is 728 g/mol. The largest absolute Gasteiger partial charge is 0.380 e. The number of nitrogens with one attached hydrogen (secondary N) is 2. The van der Waals surface area contributed by atoms with Gasteiger partial charge >= 0.3 is 0 Å². The number of carbonyl (C=O) groups is 3. The summed E-state index contributed by atoms with van der Waals surface area (Å²) < 4.78 is 36.0. The summed E-state index contributed by atoms with van der Waals surface area (Å²) in [7, 11) is 0. The lowest BCUT2D eigenvalue weighted by molar-refractivity contribution is -0.134. The van der Waals surface area contributed by atoms with E-state index in [0.717, 1.165) is 75.9 Å². The number of carbonyl (C=O) groups excluding carboxylic acids is 3. The van der Waals surface area contributed by atoms with Crippen LogP contribution in [0.1, 0.15) is 103 Å². The number of anilines is 1. The van der Waals surface area contributed by atoms with Crippen LogP contribution in [0.5, 0.6) is 0 Å². The molecule has 2 aromatic heterocycles. The Labute approximate surface area is 308 Å². The van der Waals surface area contributed by atoms with Crippen LogP contribution in [-0.4, -0.2) is 83.2 Å². The van der Waals surface area contributed by atoms with Crippen molar-refractivity contribution in [2.24, 2.45) is 0 Å². The molecule has 0 bridgehead atoms. The van der Waals surface area contributed by atoms with Gasteiger partial charge in [-0.3, -0.25) is 19.7 Å². The molecule has 0 radical (unpaired) electrons. The fraction of sp³-hybridized carbons (Fsp3) is 0.475. The molecule has 5 heterocycles. The van der Waals surface area contributed by atoms with Gasteiger partial charge in [0.2, 0.25) is 11.8 Å². The second kappa shape index (κ2) is 16.9. The normalized spacial score (nSPS) is 19.9. The second-order valence-corrected chi connectivity index (χ2v) is 14.3. The van der Waals surface area contributed by atoms with E-state index < -0.39 is 11.6 Å². The number of unbranched alkanes of at least 4 members (excludes halogenated alkanes) is 2. The monoisotopic (exact) mass is 727 g/mol. The van der Waals surface area contributed by atoms with Crippen LogP contribution in [0.25, 0.3) is 5.65 Å². The minimum Gasteiger partial charge on any atom is -0.380 e. The first-order valence-electron chi connectivity index (χ1n) is 18.9. The van der Waals surface area contributed by atoms with Crippen molar-refractivity contribution in [2.75, 3.05) is 50.8 Å². The number of likely N-dealkylation sites (tertiary alicyclic amines) is 1. The van der Waals surface area contributed by atoms with E-state index in [2.05, 4.69) is 32.8 Å². The molecular weight excluding hydrogens is 680 g/mol. The fourth-order valence-corrected chi connectivity index (χ4v) is 7.91. The van der Waals surface area contributed by atoms with Gasteiger partial charge in [0, 0.05) is 44.4 Å². The zero-order valence-electron chi connectivity index (χ0n) is 29.9. The van der Waals surface area contributed by atoms with Gasteiger partial charge in [0.15, 0.2) is 5.65 Å². The van der Waals surface area contributed by atoms with Crippen molar-refractivity contribution in [1.82, 2.24) is 30.1 Å². The molecule has 0 saturated carbocycles. The first-order valence-corrected chi connectivity index (χ1v) is 18.9. The molecule has 2 unspecified atom stereocenters. The second-order valence-electron chi connectivity index (χ2n) is 14.3. The maximum absolute atomic E-state index is 14.6. The summed E-state index contributed by atoms with van der Waals surface area (Å²) >= 11 is 0. The minimum absolute atomic E-state index is 0.187. The Balaban J connectivity index is 0.778. The summed E-state index contributed by atoms with van der Waals surface area (Å²) in [4.78, 5) is 45.9. The number of fused-ring (bicyclic) bond motifs is 1. The number of aromatic nitrogens is 3. The number of hydrogen-bond donors (Lipinski definition) is 2. The van der Waals surface area contributed by atoms with E-state index in [1.807, 2.05) is 17.0 Å². The summed E-state index contributed by atoms with van der Waals surface area (Å²) in [6, 6.07) is 13.4. The lowest BCUT2D eigenvalue weighted by Crippen LogP contribution is -2.39. The molecule has 53 heavy (non-hydrogen) atoms. The number of benzene rings is 2. The molecular formula is C40H47F2N7O4. The van der Waals surface area contributed by atoms with E-state index in [4.69, 9.17) is 9.72 Å². The van der Waals surface area contributed by atoms with Crippen LogP contribution in [0.4, 0.5) is 14.6 Å². The number of halogens is 2. The number of hydrogen-bond acceptors (Lipinski definition) is 8. The van der Waals surface area contributed by atoms with Crippen molar-refractivity contribution in [3.8, 4) is 0 Å². The van der Waals surface area contributed by atoms with Gasteiger partial charge in [-0.2, -0.15) is 5.10 Å². The van der Waals surface area contributed by atoms with Crippen molar-refractivity contribution in [3.63, 3.8) is 0 Å². The number of amides is 3. The van der Waals surface area contributed by atoms with Crippen molar-refractivity contribution < 1.29 is 27.9 Å². The van der Waals surface area contributed by atoms with E-state index in [-0.39, 0.29) is 29.7 Å². The van der Waals surface area contributed by atoms with Gasteiger partial charge < -0.3 is 19.9 Å². The summed E-state index contributed by atoms with van der Waals surface area (Å²) in [6.45, 7) is 5.52. The van der Waals surface area contributed by atoms with Crippen LogP contribution < -0.4 is 15.5 Å². The van der Waals surface area contributed by atoms with E-state index in [9.17, 15) is 23.2 Å². The zero-order valence-corrected chi connectivity index (χ0v) is 29.9. The van der Waals surface area contributed by atoms with E-state index >= 15 is 0 Å². The summed E-state index contributed by atoms with van der Waals surface area (Å²) in [5, 5.41) is 9.73. The Morgan fingerprint density at radius 2 is 1.74 bits per heavy atom. The number of imide groups is 1. The lowest BCUT2D eigenvalue weighted by Gasteiger charge is -2.32. The van der Waals surface area contributed by atoms with Crippen molar-refractivity contribution in [3.05, 3.63) is 94.8 Å². The number of ether oxygens (including phenoxy) is 1. The van der Waals surface area contributed by atoms with Crippen molar-refractivity contribution in [1.29, 1.82) is 0 Å². The third-order valence-electron chi connectivity index (χ3n) is 10.9. The average Bonchev–Trinajstić information content (AvgIpc) is 3.83. The topological polar surface area (TPSA) is 121 Å². The standard InChI is InChI=1S/C40H47F2N7O4/c41-30-10-12-34(42)32(25-30)35-5-4-18-48(35)36-16-21-49-38(45-36)33(26-44-49)39(51)43-17-2-1-3-23-53-24-22-47-19-14-28(15-20-47)27-6-8-29(9-7-27)31-11-13-37(50)46-40(31)52/h6-10,12,16,21,25-26,28,31,35H,1-5,11,13-15,17-20,22-24H2,(H,43,51)(H,46,50,52). The summed E-state index contributed by atoms with van der Waals surface area (Å²) in [5.74, 6) is -0.683. The summed E-state index contributed by atoms with van der Waals surface area (Å²) in [5.41, 5.74) is 3.39. The lowest BCUT2D eigenvalue weighted by atomic mass is 9.86. The van der Waals surface area contributed by atoms with Crippen LogP contribution in [0.3, 0.4) is 0 Å². The highest BCUT2D eigenvalue weighted by molar-refractivity contribution is 6.01. The number of piperidine rings is 2. The predicted octanol–water partition coefficient (Wildman–Crippen LogP) is 5.67. The molecule has 3 amide bonds. The van der Waals surface area contributed by atoms with Gasteiger partial charge in [-0.25, -0.2) is 18.3 Å². The molecule has 3 aliphatic rings. The Morgan fingerprint density at radius 1 is 0.925 bits per heavy atom. The van der Waals surface area contributed by atoms with Gasteiger partial charge in [0.05, 0.1) is 24.8 Å². The maximum atomic E-state index is 14.6. The van der Waals surface area contributed by atoms with Crippen molar-refractivity contribution in [2.45, 2.75) is 75.7 Å². The Bertz CT molecular complexity index is 1910. The Hall–Kier alpha value is -4.75. The van der Waals surface area contributed by atoms with Crippen LogP contribution in [0.2, 0.25) is 0 Å². The molecule has 3 fully saturated rings. The molecule has 2 aromatic carbocycles. The summed E-state index contributed by atoms with van der Waals surface area (Å²) in [6.07, 6.45) is 10.6. The first-order chi connectivity index (χ1) is 25.8. The third-order valence-corrected chi connectivity index (χ3v) is 10.9. The molecule has 3 saturated heterocycles. The molecule has 2 N–H and O–H groups in total. The molecule has 7 rings (SSSR count). The fourth-order valence-electron chi connectivity index (χ4n) is 7.91. The maximum Gasteiger partial charge on any atom is 0.256 e. The SMILES string of the molecule is O=C1CCC(c2ccc(C3CCN(CCOCCCCCNC(=O)c4cnn5ccc(N6CCCC6c6cc(F)ccc6F)nc45)CC3)cc2)C(=O)N1. The number of rotatable bonds is 14. The van der Waals surface area contributed by atoms with Gasteiger partial charge in [-0.15, -0.1) is 0 Å². The smallest absolute Gasteiger partial charge is 0.256 e. The zero-order chi connectivity index (χ0) is 36.7. The van der Waals surface area contributed by atoms with E-state index in [1.54, 1.807) is 16.8 Å². The van der Waals surface area contributed by atoms with Crippen LogP contribution in [-0.2, 0) is 14.3 Å². The Kier molecular flexibility index (Phi) is 11.7. The van der Waals surface area contributed by atoms with Crippen LogP contribution in [0, 0.1) is 11.6 Å². The molecule has 11 nitrogen and oxygen atoms in total. The molecule has 280 valence electrons. The highest BCUT2D eigenvalue weighted by Gasteiger charge is 2.31. The van der Waals surface area contributed by atoms with Crippen LogP contribution in [0.15, 0.2) is 60.9 Å².